The van der Waals surface area contributed by atoms with Gasteiger partial charge in [0.25, 0.3) is 0 Å². The molecule has 2 rings (SSSR count). The summed E-state index contributed by atoms with van der Waals surface area (Å²) in [6.07, 6.45) is 2.57. The third-order valence-corrected chi connectivity index (χ3v) is 3.14. The summed E-state index contributed by atoms with van der Waals surface area (Å²) >= 11 is 12.0. The van der Waals surface area contributed by atoms with Crippen LogP contribution in [0, 0.1) is 6.92 Å². The highest BCUT2D eigenvalue weighted by atomic mass is 35.5. The van der Waals surface area contributed by atoms with Crippen molar-refractivity contribution in [2.24, 2.45) is 0 Å². The number of hydrogen-bond donors (Lipinski definition) is 0. The van der Waals surface area contributed by atoms with E-state index in [4.69, 9.17) is 23.2 Å². The van der Waals surface area contributed by atoms with Gasteiger partial charge in [-0.2, -0.15) is 0 Å². The Bertz CT molecular complexity index is 291. The zero-order valence-corrected chi connectivity index (χ0v) is 8.41. The normalized spacial score (nSPS) is 16.6. The van der Waals surface area contributed by atoms with E-state index in [0.717, 1.165) is 21.5 Å². The van der Waals surface area contributed by atoms with Gasteiger partial charge in [0.1, 0.15) is 0 Å². The number of hydrogen-bond acceptors (Lipinski definition) is 0. The van der Waals surface area contributed by atoms with Crippen molar-refractivity contribution in [1.82, 2.24) is 0 Å². The molecule has 0 amide bonds. The predicted molar refractivity (Wildman–Crippen MR) is 53.2 cm³/mol. The van der Waals surface area contributed by atoms with Gasteiger partial charge >= 0.3 is 0 Å². The Labute approximate surface area is 82.5 Å². The highest BCUT2D eigenvalue weighted by Crippen LogP contribution is 2.42. The zero-order valence-electron chi connectivity index (χ0n) is 6.90. The van der Waals surface area contributed by atoms with Crippen molar-refractivity contribution in [3.8, 4) is 0 Å². The summed E-state index contributed by atoms with van der Waals surface area (Å²) in [5.41, 5.74) is 2.29. The van der Waals surface area contributed by atoms with Gasteiger partial charge in [0.2, 0.25) is 0 Å². The van der Waals surface area contributed by atoms with Gasteiger partial charge in [-0.05, 0) is 48.9 Å². The molecule has 2 heteroatoms. The maximum atomic E-state index is 6.01. The van der Waals surface area contributed by atoms with Crippen molar-refractivity contribution in [3.05, 3.63) is 33.3 Å². The Morgan fingerprint density at radius 2 is 1.67 bits per heavy atom. The molecular weight excluding hydrogens is 191 g/mol. The molecule has 0 atom stereocenters. The molecule has 0 spiro atoms. The minimum Gasteiger partial charge on any atom is -0.0840 e. The summed E-state index contributed by atoms with van der Waals surface area (Å²) in [6, 6.07) is 4.08. The minimum absolute atomic E-state index is 0.723. The fourth-order valence-corrected chi connectivity index (χ4v) is 1.82. The molecule has 1 aliphatic carbocycles. The van der Waals surface area contributed by atoms with Gasteiger partial charge in [0, 0.05) is 10.0 Å². The van der Waals surface area contributed by atoms with Crippen LogP contribution >= 0.6 is 23.2 Å². The Balaban J connectivity index is 2.45. The average molecular weight is 201 g/mol. The van der Waals surface area contributed by atoms with E-state index in [9.17, 15) is 0 Å². The maximum absolute atomic E-state index is 6.01. The molecule has 0 saturated heterocycles. The third-order valence-electron chi connectivity index (χ3n) is 2.35. The monoisotopic (exact) mass is 200 g/mol. The van der Waals surface area contributed by atoms with Crippen molar-refractivity contribution in [3.63, 3.8) is 0 Å². The van der Waals surface area contributed by atoms with E-state index in [1.54, 1.807) is 0 Å². The van der Waals surface area contributed by atoms with Crippen LogP contribution in [0.4, 0.5) is 0 Å². The molecular formula is C10H10Cl2. The van der Waals surface area contributed by atoms with Gasteiger partial charge in [0.05, 0.1) is 0 Å². The molecule has 64 valence electrons. The summed E-state index contributed by atoms with van der Waals surface area (Å²) in [6.45, 7) is 1.95. The number of benzene rings is 1. The van der Waals surface area contributed by atoms with E-state index in [0.29, 0.717) is 0 Å². The molecule has 1 fully saturated rings. The van der Waals surface area contributed by atoms with Crippen molar-refractivity contribution in [2.45, 2.75) is 25.7 Å². The molecule has 1 saturated carbocycles. The molecule has 1 aliphatic rings. The molecule has 0 N–H and O–H groups in total. The second kappa shape index (κ2) is 2.93. The van der Waals surface area contributed by atoms with Crippen molar-refractivity contribution >= 4 is 23.2 Å². The van der Waals surface area contributed by atoms with Gasteiger partial charge in [-0.15, -0.1) is 0 Å². The van der Waals surface area contributed by atoms with Crippen LogP contribution in [-0.2, 0) is 0 Å². The fourth-order valence-electron chi connectivity index (χ4n) is 1.32. The summed E-state index contributed by atoms with van der Waals surface area (Å²) in [5, 5.41) is 1.59. The van der Waals surface area contributed by atoms with Crippen LogP contribution in [-0.4, -0.2) is 0 Å². The van der Waals surface area contributed by atoms with Gasteiger partial charge in [-0.25, -0.2) is 0 Å². The molecule has 0 aliphatic heterocycles. The first-order valence-corrected chi connectivity index (χ1v) is 4.89. The first-order chi connectivity index (χ1) is 5.68. The first kappa shape index (κ1) is 8.40. The topological polar surface area (TPSA) is 0 Å². The van der Waals surface area contributed by atoms with Gasteiger partial charge in [-0.1, -0.05) is 23.2 Å². The van der Waals surface area contributed by atoms with Crippen LogP contribution in [0.2, 0.25) is 10.0 Å². The molecule has 1 aromatic carbocycles. The zero-order chi connectivity index (χ0) is 8.72. The van der Waals surface area contributed by atoms with Crippen molar-refractivity contribution in [1.29, 1.82) is 0 Å². The second-order valence-corrected chi connectivity index (χ2v) is 4.20. The average Bonchev–Trinajstić information content (AvgIpc) is 2.81. The summed E-state index contributed by atoms with van der Waals surface area (Å²) in [5.74, 6) is 0.723. The van der Waals surface area contributed by atoms with Crippen molar-refractivity contribution < 1.29 is 0 Å². The largest absolute Gasteiger partial charge is 0.0840 e. The predicted octanol–water partition coefficient (Wildman–Crippen LogP) is 4.18. The molecule has 0 aromatic heterocycles. The molecule has 0 nitrogen and oxygen atoms in total. The Hall–Kier alpha value is -0.200. The maximum Gasteiger partial charge on any atom is 0.0452 e. The lowest BCUT2D eigenvalue weighted by molar-refractivity contribution is 1.13. The van der Waals surface area contributed by atoms with Gasteiger partial charge in [-0.3, -0.25) is 0 Å². The van der Waals surface area contributed by atoms with Crippen LogP contribution in [0.25, 0.3) is 0 Å². The number of halogens is 2. The number of rotatable bonds is 1. The van der Waals surface area contributed by atoms with Crippen LogP contribution in [0.15, 0.2) is 12.1 Å². The Morgan fingerprint density at radius 1 is 1.17 bits per heavy atom. The lowest BCUT2D eigenvalue weighted by Crippen LogP contribution is -1.83. The molecule has 1 aromatic rings. The highest BCUT2D eigenvalue weighted by molar-refractivity contribution is 6.36. The fraction of sp³-hybridized carbons (Fsp3) is 0.400. The Morgan fingerprint density at radius 3 is 2.08 bits per heavy atom. The lowest BCUT2D eigenvalue weighted by Gasteiger charge is -2.04. The van der Waals surface area contributed by atoms with E-state index in [1.807, 2.05) is 19.1 Å². The molecule has 0 unspecified atom stereocenters. The Kier molecular flexibility index (Phi) is 2.05. The highest BCUT2D eigenvalue weighted by Gasteiger charge is 2.24. The summed E-state index contributed by atoms with van der Waals surface area (Å²) in [4.78, 5) is 0. The molecule has 0 heterocycles. The third kappa shape index (κ3) is 1.46. The molecule has 12 heavy (non-hydrogen) atoms. The second-order valence-electron chi connectivity index (χ2n) is 3.38. The van der Waals surface area contributed by atoms with E-state index in [1.165, 1.54) is 18.4 Å². The summed E-state index contributed by atoms with van der Waals surface area (Å²) < 4.78 is 0. The van der Waals surface area contributed by atoms with Gasteiger partial charge in [0.15, 0.2) is 0 Å². The van der Waals surface area contributed by atoms with Crippen LogP contribution in [0.1, 0.15) is 29.9 Å². The van der Waals surface area contributed by atoms with Crippen molar-refractivity contribution in [2.75, 3.05) is 0 Å². The van der Waals surface area contributed by atoms with Crippen LogP contribution in [0.3, 0.4) is 0 Å². The quantitative estimate of drug-likeness (QED) is 0.639. The smallest absolute Gasteiger partial charge is 0.0452 e. The lowest BCUT2D eigenvalue weighted by atomic mass is 10.1. The summed E-state index contributed by atoms with van der Waals surface area (Å²) in [7, 11) is 0. The molecule has 0 radical (unpaired) electrons. The van der Waals surface area contributed by atoms with Gasteiger partial charge < -0.3 is 0 Å². The SMILES string of the molecule is Cc1c(Cl)cc(C2CC2)cc1Cl. The van der Waals surface area contributed by atoms with E-state index in [2.05, 4.69) is 0 Å². The van der Waals surface area contributed by atoms with Crippen LogP contribution < -0.4 is 0 Å². The standard InChI is InChI=1S/C10H10Cl2/c1-6-9(11)4-8(5-10(6)12)7-2-3-7/h4-5,7H,2-3H2,1H3. The van der Waals surface area contributed by atoms with Crippen LogP contribution in [0.5, 0.6) is 0 Å². The first-order valence-electron chi connectivity index (χ1n) is 4.14. The molecule has 0 bridgehead atoms. The minimum atomic E-state index is 0.723. The van der Waals surface area contributed by atoms with E-state index >= 15 is 0 Å². The van der Waals surface area contributed by atoms with E-state index < -0.39 is 0 Å². The van der Waals surface area contributed by atoms with E-state index in [-0.39, 0.29) is 0 Å².